The van der Waals surface area contributed by atoms with Crippen molar-refractivity contribution >= 4 is 41.3 Å². The van der Waals surface area contributed by atoms with Gasteiger partial charge in [-0.05, 0) is 53.8 Å². The predicted molar refractivity (Wildman–Crippen MR) is 217 cm³/mol. The van der Waals surface area contributed by atoms with Crippen LogP contribution < -0.4 is 15.4 Å². The van der Waals surface area contributed by atoms with Crippen LogP contribution in [0.3, 0.4) is 0 Å². The maximum Gasteiger partial charge on any atom is 0.261 e. The van der Waals surface area contributed by atoms with Crippen molar-refractivity contribution < 1.29 is 28.7 Å². The van der Waals surface area contributed by atoms with Gasteiger partial charge in [0.05, 0.1) is 23.5 Å². The topological polar surface area (TPSA) is 128 Å². The van der Waals surface area contributed by atoms with E-state index in [-0.39, 0.29) is 42.6 Å². The maximum absolute atomic E-state index is 14.6. The molecule has 0 saturated carbocycles. The fourth-order valence-electron chi connectivity index (χ4n) is 7.25. The molecular formula is C44H49N5O6S. The standard InChI is InChI=1S/C44H49N5O6S/c1-45-40(50)38(27-31-13-5-3-6-14-31)48-26-25-47(28-32-15-7-4-8-16-32)29-37(44(48)54)46-41(51)39(56-30-33-20-22-34(55-2)23-21-33)19-11-12-24-49-42(52)35-17-9-10-18-36(35)43(49)53/h3-10,13-18,20-23,37-39H,11-12,19,24-30H2,1-2H3,(H,45,50)(H,46,51)/t37?,38-,39?/m0/s1. The molecule has 292 valence electrons. The van der Waals surface area contributed by atoms with Gasteiger partial charge in [0.1, 0.15) is 17.8 Å². The molecule has 6 rings (SSSR count). The summed E-state index contributed by atoms with van der Waals surface area (Å²) in [6.45, 7) is 1.93. The zero-order valence-corrected chi connectivity index (χ0v) is 32.7. The third kappa shape index (κ3) is 10.0. The summed E-state index contributed by atoms with van der Waals surface area (Å²) in [7, 11) is 3.18. The van der Waals surface area contributed by atoms with E-state index in [2.05, 4.69) is 15.5 Å². The number of fused-ring (bicyclic) bond motifs is 1. The number of imide groups is 1. The van der Waals surface area contributed by atoms with Crippen molar-refractivity contribution in [3.63, 3.8) is 0 Å². The summed E-state index contributed by atoms with van der Waals surface area (Å²) in [5, 5.41) is 5.35. The Balaban J connectivity index is 1.20. The molecule has 4 aromatic rings. The molecule has 2 aliphatic rings. The van der Waals surface area contributed by atoms with E-state index >= 15 is 0 Å². The summed E-state index contributed by atoms with van der Waals surface area (Å²) >= 11 is 1.48. The van der Waals surface area contributed by atoms with Crippen molar-refractivity contribution in [3.05, 3.63) is 137 Å². The number of benzene rings is 4. The van der Waals surface area contributed by atoms with Gasteiger partial charge in [0.25, 0.3) is 11.8 Å². The Labute approximate surface area is 332 Å². The first-order valence-electron chi connectivity index (χ1n) is 19.1. The van der Waals surface area contributed by atoms with E-state index in [9.17, 15) is 24.0 Å². The molecule has 4 aromatic carbocycles. The molecule has 0 aliphatic carbocycles. The number of unbranched alkanes of at least 4 members (excludes halogenated alkanes) is 1. The van der Waals surface area contributed by atoms with E-state index in [0.29, 0.717) is 62.2 Å². The minimum absolute atomic E-state index is 0.247. The SMILES string of the molecule is CNC(=O)[C@H](Cc1ccccc1)N1CCN(Cc2ccccc2)CC(NC(=O)C(CCCCN2C(=O)c3ccccc3C2=O)SCc2ccc(OC)cc2)C1=O. The molecule has 0 spiro atoms. The highest BCUT2D eigenvalue weighted by molar-refractivity contribution is 7.99. The third-order valence-corrected chi connectivity index (χ3v) is 11.7. The Bertz CT molecular complexity index is 1940. The van der Waals surface area contributed by atoms with E-state index in [4.69, 9.17) is 4.74 Å². The van der Waals surface area contributed by atoms with Gasteiger partial charge in [-0.25, -0.2) is 0 Å². The number of hydrogen-bond acceptors (Lipinski definition) is 8. The van der Waals surface area contributed by atoms with Crippen LogP contribution >= 0.6 is 11.8 Å². The van der Waals surface area contributed by atoms with Gasteiger partial charge in [0.2, 0.25) is 17.7 Å². The van der Waals surface area contributed by atoms with Gasteiger partial charge in [-0.2, -0.15) is 0 Å². The minimum Gasteiger partial charge on any atom is -0.497 e. The molecule has 12 heteroatoms. The van der Waals surface area contributed by atoms with Crippen LogP contribution in [0.4, 0.5) is 0 Å². The third-order valence-electron chi connectivity index (χ3n) is 10.3. The Morgan fingerprint density at radius 2 is 1.39 bits per heavy atom. The summed E-state index contributed by atoms with van der Waals surface area (Å²) in [5.74, 6) is -0.164. The van der Waals surface area contributed by atoms with Crippen molar-refractivity contribution in [1.29, 1.82) is 0 Å². The molecule has 2 N–H and O–H groups in total. The van der Waals surface area contributed by atoms with Gasteiger partial charge in [0, 0.05) is 51.9 Å². The highest BCUT2D eigenvalue weighted by Crippen LogP contribution is 2.27. The molecule has 1 saturated heterocycles. The molecule has 56 heavy (non-hydrogen) atoms. The summed E-state index contributed by atoms with van der Waals surface area (Å²) in [6, 6.07) is 32.4. The lowest BCUT2D eigenvalue weighted by Gasteiger charge is -2.32. The van der Waals surface area contributed by atoms with Crippen LogP contribution in [-0.4, -0.2) is 102 Å². The van der Waals surface area contributed by atoms with Gasteiger partial charge < -0.3 is 20.3 Å². The zero-order valence-electron chi connectivity index (χ0n) is 31.9. The van der Waals surface area contributed by atoms with Gasteiger partial charge in [-0.15, -0.1) is 11.8 Å². The average Bonchev–Trinajstić information content (AvgIpc) is 3.37. The van der Waals surface area contributed by atoms with Crippen molar-refractivity contribution in [2.45, 2.75) is 55.3 Å². The Morgan fingerprint density at radius 1 is 0.768 bits per heavy atom. The van der Waals surface area contributed by atoms with Crippen molar-refractivity contribution in [2.75, 3.05) is 40.3 Å². The Morgan fingerprint density at radius 3 is 2.02 bits per heavy atom. The van der Waals surface area contributed by atoms with Crippen LogP contribution in [0.5, 0.6) is 5.75 Å². The van der Waals surface area contributed by atoms with Crippen molar-refractivity contribution in [3.8, 4) is 5.75 Å². The maximum atomic E-state index is 14.6. The number of carbonyl (C=O) groups is 5. The monoisotopic (exact) mass is 775 g/mol. The minimum atomic E-state index is -0.904. The van der Waals surface area contributed by atoms with Gasteiger partial charge in [-0.1, -0.05) is 91.3 Å². The Hall–Kier alpha value is -5.46. The molecule has 2 heterocycles. The van der Waals surface area contributed by atoms with E-state index in [1.165, 1.54) is 16.7 Å². The second-order valence-electron chi connectivity index (χ2n) is 14.1. The summed E-state index contributed by atoms with van der Waals surface area (Å²) < 4.78 is 5.32. The normalized spacial score (nSPS) is 16.9. The van der Waals surface area contributed by atoms with Crippen LogP contribution in [0.2, 0.25) is 0 Å². The number of amides is 5. The number of likely N-dealkylation sites (N-methyl/N-ethyl adjacent to an activating group) is 1. The molecule has 11 nitrogen and oxygen atoms in total. The summed E-state index contributed by atoms with van der Waals surface area (Å²) in [4.78, 5) is 73.4. The van der Waals surface area contributed by atoms with E-state index < -0.39 is 17.3 Å². The fourth-order valence-corrected chi connectivity index (χ4v) is 8.39. The molecule has 3 atom stereocenters. The van der Waals surface area contributed by atoms with E-state index in [1.807, 2.05) is 84.9 Å². The van der Waals surface area contributed by atoms with E-state index in [1.54, 1.807) is 43.3 Å². The molecule has 1 fully saturated rings. The lowest BCUT2D eigenvalue weighted by molar-refractivity contribution is -0.142. The smallest absolute Gasteiger partial charge is 0.261 e. The number of thioether (sulfide) groups is 1. The zero-order chi connectivity index (χ0) is 39.4. The number of methoxy groups -OCH3 is 1. The van der Waals surface area contributed by atoms with Gasteiger partial charge in [-0.3, -0.25) is 33.8 Å². The molecule has 0 radical (unpaired) electrons. The van der Waals surface area contributed by atoms with Crippen LogP contribution in [0, 0.1) is 0 Å². The Kier molecular flexibility index (Phi) is 13.9. The van der Waals surface area contributed by atoms with Crippen molar-refractivity contribution in [2.24, 2.45) is 0 Å². The first-order valence-corrected chi connectivity index (χ1v) is 20.1. The summed E-state index contributed by atoms with van der Waals surface area (Å²) in [6.07, 6.45) is 1.89. The van der Waals surface area contributed by atoms with Crippen LogP contribution in [0.15, 0.2) is 109 Å². The predicted octanol–water partition coefficient (Wildman–Crippen LogP) is 4.95. The summed E-state index contributed by atoms with van der Waals surface area (Å²) in [5.41, 5.74) is 3.85. The number of hydrogen-bond donors (Lipinski definition) is 2. The second kappa shape index (κ2) is 19.4. The number of ether oxygens (including phenoxy) is 1. The molecule has 2 unspecified atom stereocenters. The van der Waals surface area contributed by atoms with Crippen LogP contribution in [0.1, 0.15) is 56.7 Å². The molecular weight excluding hydrogens is 727 g/mol. The highest BCUT2D eigenvalue weighted by atomic mass is 32.2. The molecule has 0 aromatic heterocycles. The number of nitrogens with one attached hydrogen (secondary N) is 2. The van der Waals surface area contributed by atoms with Crippen LogP contribution in [0.25, 0.3) is 0 Å². The number of carbonyl (C=O) groups excluding carboxylic acids is 5. The first-order chi connectivity index (χ1) is 27.2. The quantitative estimate of drug-likeness (QED) is 0.114. The first kappa shape index (κ1) is 40.2. The number of nitrogens with zero attached hydrogens (tertiary/aromatic N) is 3. The van der Waals surface area contributed by atoms with Gasteiger partial charge >= 0.3 is 0 Å². The highest BCUT2D eigenvalue weighted by Gasteiger charge is 2.39. The largest absolute Gasteiger partial charge is 0.497 e. The van der Waals surface area contributed by atoms with Crippen molar-refractivity contribution in [1.82, 2.24) is 25.3 Å². The average molecular weight is 776 g/mol. The lowest BCUT2D eigenvalue weighted by Crippen LogP contribution is -2.57. The van der Waals surface area contributed by atoms with Crippen LogP contribution in [-0.2, 0) is 33.1 Å². The second-order valence-corrected chi connectivity index (χ2v) is 15.3. The van der Waals surface area contributed by atoms with Gasteiger partial charge in [0.15, 0.2) is 0 Å². The van der Waals surface area contributed by atoms with E-state index in [0.717, 1.165) is 22.4 Å². The number of rotatable bonds is 17. The fraction of sp³-hybridized carbons (Fsp3) is 0.341. The molecule has 5 amide bonds. The molecule has 2 aliphatic heterocycles. The lowest BCUT2D eigenvalue weighted by atomic mass is 10.0. The molecule has 0 bridgehead atoms.